The zero-order chi connectivity index (χ0) is 11.5. The lowest BCUT2D eigenvalue weighted by atomic mass is 10.0. The lowest BCUT2D eigenvalue weighted by Crippen LogP contribution is -2.18. The van der Waals surface area contributed by atoms with Crippen LogP contribution in [0.4, 0.5) is 0 Å². The number of aromatic nitrogens is 1. The van der Waals surface area contributed by atoms with Gasteiger partial charge in [-0.15, -0.1) is 0 Å². The van der Waals surface area contributed by atoms with Gasteiger partial charge in [-0.2, -0.15) is 0 Å². The molecule has 0 bridgehead atoms. The first-order valence-corrected chi connectivity index (χ1v) is 5.69. The molecule has 1 aromatic heterocycles. The molecule has 1 atom stereocenters. The molecular formula is C14H17NO. The fraction of sp³-hybridized carbons (Fsp3) is 0.357. The van der Waals surface area contributed by atoms with Crippen molar-refractivity contribution in [2.75, 3.05) is 0 Å². The highest BCUT2D eigenvalue weighted by Gasteiger charge is 2.10. The molecule has 2 rings (SSSR count). The SMILES string of the molecule is CC(C)C(O)Cc1ccc2ccccc2n1. The van der Waals surface area contributed by atoms with Crippen molar-refractivity contribution in [3.63, 3.8) is 0 Å². The Morgan fingerprint density at radius 1 is 1.12 bits per heavy atom. The topological polar surface area (TPSA) is 33.1 Å². The monoisotopic (exact) mass is 215 g/mol. The first-order valence-electron chi connectivity index (χ1n) is 5.69. The highest BCUT2D eigenvalue weighted by atomic mass is 16.3. The van der Waals surface area contributed by atoms with Crippen LogP contribution in [0.25, 0.3) is 10.9 Å². The largest absolute Gasteiger partial charge is 0.392 e. The number of aliphatic hydroxyl groups is 1. The van der Waals surface area contributed by atoms with Crippen molar-refractivity contribution in [1.29, 1.82) is 0 Å². The normalized spacial score (nSPS) is 13.2. The van der Waals surface area contributed by atoms with Crippen molar-refractivity contribution in [2.24, 2.45) is 5.92 Å². The summed E-state index contributed by atoms with van der Waals surface area (Å²) in [5, 5.41) is 11.0. The smallest absolute Gasteiger partial charge is 0.0705 e. The van der Waals surface area contributed by atoms with Crippen LogP contribution < -0.4 is 0 Å². The molecule has 2 heteroatoms. The van der Waals surface area contributed by atoms with Gasteiger partial charge in [0.25, 0.3) is 0 Å². The standard InChI is InChI=1S/C14H17NO/c1-10(2)14(16)9-12-8-7-11-5-3-4-6-13(11)15-12/h3-8,10,14,16H,9H2,1-2H3. The Morgan fingerprint density at radius 2 is 1.88 bits per heavy atom. The van der Waals surface area contributed by atoms with Gasteiger partial charge in [-0.1, -0.05) is 38.1 Å². The Morgan fingerprint density at radius 3 is 2.62 bits per heavy atom. The van der Waals surface area contributed by atoms with Gasteiger partial charge in [0.2, 0.25) is 0 Å². The molecule has 2 nitrogen and oxygen atoms in total. The fourth-order valence-electron chi connectivity index (χ4n) is 1.67. The molecule has 0 aliphatic carbocycles. The number of hydrogen-bond acceptors (Lipinski definition) is 2. The number of nitrogens with zero attached hydrogens (tertiary/aromatic N) is 1. The number of para-hydroxylation sites is 1. The number of benzene rings is 1. The summed E-state index contributed by atoms with van der Waals surface area (Å²) < 4.78 is 0. The van der Waals surface area contributed by atoms with Gasteiger partial charge in [0.15, 0.2) is 0 Å². The lowest BCUT2D eigenvalue weighted by Gasteiger charge is -2.13. The van der Waals surface area contributed by atoms with Gasteiger partial charge in [-0.25, -0.2) is 0 Å². The molecule has 1 unspecified atom stereocenters. The lowest BCUT2D eigenvalue weighted by molar-refractivity contribution is 0.125. The van der Waals surface area contributed by atoms with Crippen LogP contribution in [0.1, 0.15) is 19.5 Å². The Labute approximate surface area is 96.0 Å². The fourth-order valence-corrected chi connectivity index (χ4v) is 1.67. The second kappa shape index (κ2) is 4.62. The van der Waals surface area contributed by atoms with E-state index in [2.05, 4.69) is 11.1 Å². The van der Waals surface area contributed by atoms with E-state index < -0.39 is 0 Å². The number of fused-ring (bicyclic) bond motifs is 1. The summed E-state index contributed by atoms with van der Waals surface area (Å²) in [5.41, 5.74) is 1.95. The number of rotatable bonds is 3. The number of hydrogen-bond donors (Lipinski definition) is 1. The number of pyridine rings is 1. The average Bonchev–Trinajstić information content (AvgIpc) is 2.28. The van der Waals surface area contributed by atoms with Gasteiger partial charge < -0.3 is 5.11 Å². The Balaban J connectivity index is 2.26. The van der Waals surface area contributed by atoms with Crippen LogP contribution >= 0.6 is 0 Å². The third-order valence-corrected chi connectivity index (χ3v) is 2.84. The van der Waals surface area contributed by atoms with E-state index in [-0.39, 0.29) is 12.0 Å². The van der Waals surface area contributed by atoms with E-state index in [0.29, 0.717) is 6.42 Å². The molecule has 0 saturated carbocycles. The molecule has 16 heavy (non-hydrogen) atoms. The summed E-state index contributed by atoms with van der Waals surface area (Å²) in [4.78, 5) is 4.54. The van der Waals surface area contributed by atoms with Crippen LogP contribution in [-0.2, 0) is 6.42 Å². The summed E-state index contributed by atoms with van der Waals surface area (Å²) in [6.07, 6.45) is 0.316. The maximum absolute atomic E-state index is 9.81. The Kier molecular flexibility index (Phi) is 3.20. The second-order valence-corrected chi connectivity index (χ2v) is 4.51. The van der Waals surface area contributed by atoms with Gasteiger partial charge in [0.05, 0.1) is 11.6 Å². The molecule has 1 aromatic carbocycles. The van der Waals surface area contributed by atoms with Crippen LogP contribution in [0.15, 0.2) is 36.4 Å². The maximum Gasteiger partial charge on any atom is 0.0705 e. The zero-order valence-electron chi connectivity index (χ0n) is 9.72. The quantitative estimate of drug-likeness (QED) is 0.854. The van der Waals surface area contributed by atoms with E-state index in [1.165, 1.54) is 0 Å². The summed E-state index contributed by atoms with van der Waals surface area (Å²) in [7, 11) is 0. The van der Waals surface area contributed by atoms with E-state index in [1.807, 2.05) is 44.2 Å². The van der Waals surface area contributed by atoms with Gasteiger partial charge in [0.1, 0.15) is 0 Å². The Hall–Kier alpha value is -1.41. The molecule has 84 valence electrons. The van der Waals surface area contributed by atoms with E-state index in [0.717, 1.165) is 16.6 Å². The molecule has 0 aliphatic heterocycles. The maximum atomic E-state index is 9.81. The second-order valence-electron chi connectivity index (χ2n) is 4.51. The van der Waals surface area contributed by atoms with Crippen molar-refractivity contribution in [2.45, 2.75) is 26.4 Å². The third kappa shape index (κ3) is 2.39. The van der Waals surface area contributed by atoms with E-state index >= 15 is 0 Å². The third-order valence-electron chi connectivity index (χ3n) is 2.84. The van der Waals surface area contributed by atoms with Crippen molar-refractivity contribution < 1.29 is 5.11 Å². The summed E-state index contributed by atoms with van der Waals surface area (Å²) in [6.45, 7) is 4.04. The molecule has 0 amide bonds. The molecule has 0 spiro atoms. The molecule has 1 heterocycles. The molecule has 2 aromatic rings. The van der Waals surface area contributed by atoms with Crippen LogP contribution in [0, 0.1) is 5.92 Å². The van der Waals surface area contributed by atoms with Crippen LogP contribution in [0.5, 0.6) is 0 Å². The van der Waals surface area contributed by atoms with Crippen LogP contribution in [-0.4, -0.2) is 16.2 Å². The minimum Gasteiger partial charge on any atom is -0.392 e. The molecule has 0 radical (unpaired) electrons. The summed E-state index contributed by atoms with van der Waals surface area (Å²) in [5.74, 6) is 0.272. The summed E-state index contributed by atoms with van der Waals surface area (Å²) >= 11 is 0. The van der Waals surface area contributed by atoms with Crippen molar-refractivity contribution in [3.8, 4) is 0 Å². The van der Waals surface area contributed by atoms with Gasteiger partial charge in [-0.3, -0.25) is 4.98 Å². The highest BCUT2D eigenvalue weighted by Crippen LogP contribution is 2.14. The summed E-state index contributed by atoms with van der Waals surface area (Å²) in [6, 6.07) is 12.1. The molecule has 1 N–H and O–H groups in total. The molecule has 0 aliphatic rings. The van der Waals surface area contributed by atoms with E-state index in [9.17, 15) is 5.11 Å². The molecular weight excluding hydrogens is 198 g/mol. The first kappa shape index (κ1) is 11.1. The van der Waals surface area contributed by atoms with Crippen molar-refractivity contribution in [1.82, 2.24) is 4.98 Å². The van der Waals surface area contributed by atoms with Crippen molar-refractivity contribution in [3.05, 3.63) is 42.1 Å². The predicted octanol–water partition coefficient (Wildman–Crippen LogP) is 2.79. The highest BCUT2D eigenvalue weighted by molar-refractivity contribution is 5.78. The first-order chi connectivity index (χ1) is 7.66. The van der Waals surface area contributed by atoms with Gasteiger partial charge >= 0.3 is 0 Å². The van der Waals surface area contributed by atoms with Gasteiger partial charge in [-0.05, 0) is 18.1 Å². The van der Waals surface area contributed by atoms with Crippen LogP contribution in [0.3, 0.4) is 0 Å². The van der Waals surface area contributed by atoms with Gasteiger partial charge in [0, 0.05) is 17.5 Å². The van der Waals surface area contributed by atoms with Crippen LogP contribution in [0.2, 0.25) is 0 Å². The minimum atomic E-state index is -0.311. The zero-order valence-corrected chi connectivity index (χ0v) is 9.72. The molecule has 0 saturated heterocycles. The molecule has 0 fully saturated rings. The minimum absolute atomic E-state index is 0.272. The van der Waals surface area contributed by atoms with E-state index in [4.69, 9.17) is 0 Å². The van der Waals surface area contributed by atoms with Crippen molar-refractivity contribution >= 4 is 10.9 Å². The number of aliphatic hydroxyl groups excluding tert-OH is 1. The Bertz CT molecular complexity index is 479. The average molecular weight is 215 g/mol. The predicted molar refractivity (Wildman–Crippen MR) is 66.3 cm³/mol. The van der Waals surface area contributed by atoms with E-state index in [1.54, 1.807) is 0 Å².